The van der Waals surface area contributed by atoms with Gasteiger partial charge in [-0.1, -0.05) is 0 Å². The molecule has 5 heteroatoms. The van der Waals surface area contributed by atoms with E-state index in [1.165, 1.54) is 0 Å². The molecule has 0 aliphatic carbocycles. The van der Waals surface area contributed by atoms with Gasteiger partial charge < -0.3 is 5.32 Å². The Hall–Kier alpha value is -0.260. The molecule has 0 saturated carbocycles. The number of thiazole rings is 1. The highest BCUT2D eigenvalue weighted by Crippen LogP contribution is 2.16. The predicted molar refractivity (Wildman–Crippen MR) is 71.4 cm³/mol. The number of hydrogen-bond acceptors (Lipinski definition) is 4. The van der Waals surface area contributed by atoms with Crippen molar-refractivity contribution in [3.05, 3.63) is 16.1 Å². The molecule has 1 heterocycles. The number of rotatable bonds is 6. The van der Waals surface area contributed by atoms with E-state index in [2.05, 4.69) is 29.5 Å². The number of hydrogen-bond donors (Lipinski definition) is 1. The molecule has 92 valence electrons. The lowest BCUT2D eigenvalue weighted by molar-refractivity contribution is 0.464. The summed E-state index contributed by atoms with van der Waals surface area (Å²) >= 11 is 1.68. The van der Waals surface area contributed by atoms with E-state index in [0.29, 0.717) is 6.04 Å². The molecule has 0 amide bonds. The highest BCUT2D eigenvalue weighted by atomic mass is 32.2. The topological polar surface area (TPSA) is 42.0 Å². The van der Waals surface area contributed by atoms with Crippen molar-refractivity contribution >= 4 is 22.1 Å². The van der Waals surface area contributed by atoms with Crippen LogP contribution >= 0.6 is 11.3 Å². The van der Waals surface area contributed by atoms with Crippen molar-refractivity contribution in [1.82, 2.24) is 10.3 Å². The van der Waals surface area contributed by atoms with Gasteiger partial charge in [0.1, 0.15) is 0 Å². The lowest BCUT2D eigenvalue weighted by Gasteiger charge is -2.18. The van der Waals surface area contributed by atoms with E-state index < -0.39 is 10.8 Å². The summed E-state index contributed by atoms with van der Waals surface area (Å²) in [5.74, 6) is 0.761. The van der Waals surface area contributed by atoms with Gasteiger partial charge in [-0.15, -0.1) is 11.3 Å². The Kier molecular flexibility index (Phi) is 5.58. The van der Waals surface area contributed by atoms with Crippen LogP contribution in [0.25, 0.3) is 0 Å². The van der Waals surface area contributed by atoms with Crippen molar-refractivity contribution in [2.75, 3.05) is 12.0 Å². The molecular weight excluding hydrogens is 240 g/mol. The average molecular weight is 260 g/mol. The van der Waals surface area contributed by atoms with Crippen molar-refractivity contribution in [3.8, 4) is 0 Å². The van der Waals surface area contributed by atoms with E-state index in [9.17, 15) is 4.21 Å². The first-order valence-electron chi connectivity index (χ1n) is 5.47. The predicted octanol–water partition coefficient (Wildman–Crippen LogP) is 2.26. The number of nitrogens with zero attached hydrogens (tertiary/aromatic N) is 1. The van der Waals surface area contributed by atoms with Crippen LogP contribution in [0.3, 0.4) is 0 Å². The molecule has 0 radical (unpaired) electrons. The molecule has 3 unspecified atom stereocenters. The van der Waals surface area contributed by atoms with Gasteiger partial charge >= 0.3 is 0 Å². The van der Waals surface area contributed by atoms with Crippen molar-refractivity contribution in [3.63, 3.8) is 0 Å². The Morgan fingerprint density at radius 2 is 2.25 bits per heavy atom. The lowest BCUT2D eigenvalue weighted by Crippen LogP contribution is -2.30. The van der Waals surface area contributed by atoms with Crippen molar-refractivity contribution in [2.24, 2.45) is 0 Å². The summed E-state index contributed by atoms with van der Waals surface area (Å²) in [6.07, 6.45) is 2.69. The third-order valence-corrected chi connectivity index (χ3v) is 4.06. The van der Waals surface area contributed by atoms with Crippen LogP contribution < -0.4 is 5.32 Å². The van der Waals surface area contributed by atoms with Crippen LogP contribution in [0.4, 0.5) is 0 Å². The van der Waals surface area contributed by atoms with Crippen LogP contribution in [0.2, 0.25) is 0 Å². The Bertz CT molecular complexity index is 352. The molecule has 1 rings (SSSR count). The maximum atomic E-state index is 11.0. The molecule has 1 aromatic heterocycles. The van der Waals surface area contributed by atoms with Gasteiger partial charge in [-0.05, 0) is 27.2 Å². The average Bonchev–Trinajstić information content (AvgIpc) is 2.62. The summed E-state index contributed by atoms with van der Waals surface area (Å²) in [7, 11) is -0.695. The zero-order valence-electron chi connectivity index (χ0n) is 10.3. The van der Waals surface area contributed by atoms with Crippen LogP contribution in [0.5, 0.6) is 0 Å². The van der Waals surface area contributed by atoms with E-state index >= 15 is 0 Å². The molecule has 0 spiro atoms. The summed E-state index contributed by atoms with van der Waals surface area (Å²) in [4.78, 5) is 4.45. The van der Waals surface area contributed by atoms with Gasteiger partial charge in [-0.2, -0.15) is 0 Å². The smallest absolute Gasteiger partial charge is 0.0898 e. The highest BCUT2D eigenvalue weighted by molar-refractivity contribution is 7.84. The Morgan fingerprint density at radius 1 is 1.56 bits per heavy atom. The highest BCUT2D eigenvalue weighted by Gasteiger charge is 2.12. The van der Waals surface area contributed by atoms with Crippen LogP contribution in [0.15, 0.2) is 5.38 Å². The fourth-order valence-electron chi connectivity index (χ4n) is 1.52. The van der Waals surface area contributed by atoms with Crippen molar-refractivity contribution in [1.29, 1.82) is 0 Å². The first-order valence-corrected chi connectivity index (χ1v) is 8.08. The minimum Gasteiger partial charge on any atom is -0.306 e. The van der Waals surface area contributed by atoms with Crippen LogP contribution in [-0.2, 0) is 10.8 Å². The second kappa shape index (κ2) is 6.47. The maximum Gasteiger partial charge on any atom is 0.0898 e. The molecule has 3 atom stereocenters. The van der Waals surface area contributed by atoms with Gasteiger partial charge in [-0.25, -0.2) is 4.98 Å². The second-order valence-electron chi connectivity index (χ2n) is 4.15. The fourth-order valence-corrected chi connectivity index (χ4v) is 2.91. The summed E-state index contributed by atoms with van der Waals surface area (Å²) in [5, 5.41) is 6.67. The second-order valence-corrected chi connectivity index (χ2v) is 6.76. The molecule has 3 nitrogen and oxygen atoms in total. The van der Waals surface area contributed by atoms with Gasteiger partial charge in [0.15, 0.2) is 0 Å². The first-order chi connectivity index (χ1) is 7.49. The van der Waals surface area contributed by atoms with Crippen molar-refractivity contribution in [2.45, 2.75) is 39.3 Å². The number of aromatic nitrogens is 1. The third kappa shape index (κ3) is 4.72. The maximum absolute atomic E-state index is 11.0. The van der Waals surface area contributed by atoms with Gasteiger partial charge in [0.25, 0.3) is 0 Å². The Morgan fingerprint density at radius 3 is 2.75 bits per heavy atom. The molecule has 1 aromatic rings. The van der Waals surface area contributed by atoms with Crippen LogP contribution in [0, 0.1) is 6.92 Å². The molecule has 0 aliphatic heterocycles. The van der Waals surface area contributed by atoms with E-state index in [1.54, 1.807) is 17.6 Å². The SMILES string of the molecule is Cc1nc(C(C)NC(C)CCS(C)=O)cs1. The standard InChI is InChI=1S/C11H20N2OS2/c1-8(5-6-16(4)14)12-9(2)11-7-15-10(3)13-11/h7-9,12H,5-6H2,1-4H3. The molecule has 16 heavy (non-hydrogen) atoms. The molecule has 0 aliphatic rings. The summed E-state index contributed by atoms with van der Waals surface area (Å²) in [6.45, 7) is 6.26. The zero-order chi connectivity index (χ0) is 12.1. The van der Waals surface area contributed by atoms with Gasteiger partial charge in [-0.3, -0.25) is 4.21 Å². The van der Waals surface area contributed by atoms with Crippen LogP contribution in [0.1, 0.15) is 37.0 Å². The van der Waals surface area contributed by atoms with E-state index in [1.807, 2.05) is 6.92 Å². The summed E-state index contributed by atoms with van der Waals surface area (Å²) in [6, 6.07) is 0.645. The summed E-state index contributed by atoms with van der Waals surface area (Å²) in [5.41, 5.74) is 1.10. The van der Waals surface area contributed by atoms with Gasteiger partial charge in [0, 0.05) is 40.3 Å². The quantitative estimate of drug-likeness (QED) is 0.853. The minimum absolute atomic E-state index is 0.269. The zero-order valence-corrected chi connectivity index (χ0v) is 12.0. The molecule has 0 bridgehead atoms. The van der Waals surface area contributed by atoms with Crippen molar-refractivity contribution < 1.29 is 4.21 Å². The van der Waals surface area contributed by atoms with Gasteiger partial charge in [0.2, 0.25) is 0 Å². The van der Waals surface area contributed by atoms with E-state index in [0.717, 1.165) is 22.9 Å². The monoisotopic (exact) mass is 260 g/mol. The first kappa shape index (κ1) is 13.8. The molecular formula is C11H20N2OS2. The van der Waals surface area contributed by atoms with Crippen LogP contribution in [-0.4, -0.2) is 27.2 Å². The molecule has 0 aromatic carbocycles. The normalized spacial score (nSPS) is 17.0. The van der Waals surface area contributed by atoms with E-state index in [4.69, 9.17) is 0 Å². The number of aryl methyl sites for hydroxylation is 1. The van der Waals surface area contributed by atoms with E-state index in [-0.39, 0.29) is 6.04 Å². The Balaban J connectivity index is 2.39. The largest absolute Gasteiger partial charge is 0.306 e. The third-order valence-electron chi connectivity index (χ3n) is 2.45. The molecule has 0 fully saturated rings. The lowest BCUT2D eigenvalue weighted by atomic mass is 10.2. The molecule has 0 saturated heterocycles. The fraction of sp³-hybridized carbons (Fsp3) is 0.727. The summed E-state index contributed by atoms with van der Waals surface area (Å²) < 4.78 is 11.0. The Labute approximate surface area is 104 Å². The number of nitrogens with one attached hydrogen (secondary N) is 1. The minimum atomic E-state index is -0.695. The van der Waals surface area contributed by atoms with Gasteiger partial charge in [0.05, 0.1) is 10.7 Å². The molecule has 1 N–H and O–H groups in total.